The molecule has 0 atom stereocenters. The number of nitrogen functional groups attached to an aromatic ring is 2. The van der Waals surface area contributed by atoms with Gasteiger partial charge in [-0.2, -0.15) is 0 Å². The summed E-state index contributed by atoms with van der Waals surface area (Å²) in [7, 11) is 0. The van der Waals surface area contributed by atoms with Crippen LogP contribution in [0.15, 0.2) is 29.3 Å². The molecule has 1 aromatic heterocycles. The predicted molar refractivity (Wildman–Crippen MR) is 127 cm³/mol. The Balaban J connectivity index is 1.25. The number of anilines is 2. The quantitative estimate of drug-likeness (QED) is 0.622. The van der Waals surface area contributed by atoms with Gasteiger partial charge in [0.15, 0.2) is 22.5 Å². The smallest absolute Gasteiger partial charge is 0.279 e. The summed E-state index contributed by atoms with van der Waals surface area (Å²) in [6.07, 6.45) is 7.95. The maximum Gasteiger partial charge on any atom is 0.279 e. The fourth-order valence-electron chi connectivity index (χ4n) is 4.77. The molecule has 1 aliphatic carbocycles. The first-order valence-electron chi connectivity index (χ1n) is 10.9. The molecule has 1 spiro atoms. The Morgan fingerprint density at radius 2 is 1.88 bits per heavy atom. The van der Waals surface area contributed by atoms with Crippen molar-refractivity contribution in [2.75, 3.05) is 24.6 Å². The van der Waals surface area contributed by atoms with Gasteiger partial charge in [0, 0.05) is 25.1 Å². The van der Waals surface area contributed by atoms with E-state index in [2.05, 4.69) is 27.4 Å². The van der Waals surface area contributed by atoms with Crippen molar-refractivity contribution in [3.8, 4) is 0 Å². The molecule has 0 bridgehead atoms. The molecule has 10 heteroatoms. The number of amidine groups is 1. The van der Waals surface area contributed by atoms with Gasteiger partial charge >= 0.3 is 0 Å². The van der Waals surface area contributed by atoms with E-state index in [9.17, 15) is 9.59 Å². The van der Waals surface area contributed by atoms with Gasteiger partial charge in [0.05, 0.1) is 5.54 Å². The van der Waals surface area contributed by atoms with Crippen LogP contribution in [-0.4, -0.2) is 51.1 Å². The lowest BCUT2D eigenvalue weighted by atomic mass is 9.85. The average Bonchev–Trinajstić information content (AvgIpc) is 3.43. The first-order chi connectivity index (χ1) is 15.8. The van der Waals surface area contributed by atoms with Gasteiger partial charge in [-0.25, -0.2) is 9.97 Å². The maximum atomic E-state index is 13.2. The van der Waals surface area contributed by atoms with Gasteiger partial charge in [0.2, 0.25) is 0 Å². The van der Waals surface area contributed by atoms with Gasteiger partial charge in [0.1, 0.15) is 5.84 Å². The van der Waals surface area contributed by atoms with Crippen molar-refractivity contribution in [2.24, 2.45) is 4.99 Å². The van der Waals surface area contributed by atoms with Crippen molar-refractivity contribution in [1.82, 2.24) is 20.2 Å². The Bertz CT molecular complexity index is 1220. The molecule has 0 saturated carbocycles. The Labute approximate surface area is 195 Å². The number of piperidine rings is 1. The summed E-state index contributed by atoms with van der Waals surface area (Å²) in [6.45, 7) is 1.26. The Hall–Kier alpha value is -3.46. The van der Waals surface area contributed by atoms with Crippen LogP contribution in [0.25, 0.3) is 6.08 Å². The van der Waals surface area contributed by atoms with Crippen LogP contribution in [0, 0.1) is 0 Å². The number of aromatic nitrogens is 2. The molecule has 33 heavy (non-hydrogen) atoms. The summed E-state index contributed by atoms with van der Waals surface area (Å²) in [4.78, 5) is 40.3. The number of nitrogens with two attached hydrogens (primary N) is 2. The number of carbonyl (C=O) groups excluding carboxylic acids is 2. The molecular formula is C23H24ClN7O2. The van der Waals surface area contributed by atoms with E-state index in [-0.39, 0.29) is 33.9 Å². The molecule has 2 aliphatic heterocycles. The SMILES string of the molecule is Nc1nc(N)c(C(=O)NC2=NC3(CC2)CCN(C(=O)c2cccc4c2C=CC4)CC3)nc1Cl. The number of rotatable bonds is 2. The highest BCUT2D eigenvalue weighted by molar-refractivity contribution is 6.31. The summed E-state index contributed by atoms with van der Waals surface area (Å²) < 4.78 is 0. The lowest BCUT2D eigenvalue weighted by molar-refractivity contribution is 0.0672. The Morgan fingerprint density at radius 3 is 2.67 bits per heavy atom. The van der Waals surface area contributed by atoms with Gasteiger partial charge in [0.25, 0.3) is 11.8 Å². The van der Waals surface area contributed by atoms with Crippen molar-refractivity contribution >= 4 is 47.0 Å². The Kier molecular flexibility index (Phi) is 5.28. The third-order valence-corrected chi connectivity index (χ3v) is 6.89. The zero-order valence-corrected chi connectivity index (χ0v) is 18.7. The summed E-state index contributed by atoms with van der Waals surface area (Å²) in [6, 6.07) is 5.92. The number of hydrogen-bond acceptors (Lipinski definition) is 7. The molecule has 5 N–H and O–H groups in total. The number of hydrogen-bond donors (Lipinski definition) is 3. The Morgan fingerprint density at radius 1 is 1.09 bits per heavy atom. The minimum absolute atomic E-state index is 0.0272. The molecule has 3 heterocycles. The number of carbonyl (C=O) groups is 2. The van der Waals surface area contributed by atoms with Crippen LogP contribution in [0.1, 0.15) is 57.7 Å². The topological polar surface area (TPSA) is 140 Å². The van der Waals surface area contributed by atoms with Gasteiger partial charge in [-0.05, 0) is 42.9 Å². The normalized spacial score (nSPS) is 18.3. The number of fused-ring (bicyclic) bond motifs is 1. The van der Waals surface area contributed by atoms with Crippen LogP contribution in [0.4, 0.5) is 11.6 Å². The molecule has 1 saturated heterocycles. The number of benzene rings is 1. The van der Waals surface area contributed by atoms with E-state index in [4.69, 9.17) is 28.1 Å². The first-order valence-corrected chi connectivity index (χ1v) is 11.3. The number of amides is 2. The number of nitrogens with zero attached hydrogens (tertiary/aromatic N) is 4. The molecular weight excluding hydrogens is 442 g/mol. The lowest BCUT2D eigenvalue weighted by Crippen LogP contribution is -2.45. The fraction of sp³-hybridized carbons (Fsp3) is 0.348. The average molecular weight is 466 g/mol. The molecule has 170 valence electrons. The molecule has 1 aromatic carbocycles. The van der Waals surface area contributed by atoms with E-state index < -0.39 is 5.91 Å². The van der Waals surface area contributed by atoms with Crippen LogP contribution in [0.2, 0.25) is 5.15 Å². The maximum absolute atomic E-state index is 13.2. The number of allylic oxidation sites excluding steroid dienone is 1. The third-order valence-electron chi connectivity index (χ3n) is 6.61. The molecule has 1 fully saturated rings. The summed E-state index contributed by atoms with van der Waals surface area (Å²) >= 11 is 5.88. The summed E-state index contributed by atoms with van der Waals surface area (Å²) in [5, 5.41) is 2.71. The van der Waals surface area contributed by atoms with Gasteiger partial charge < -0.3 is 21.7 Å². The molecule has 5 rings (SSSR count). The summed E-state index contributed by atoms with van der Waals surface area (Å²) in [5.41, 5.74) is 14.0. The predicted octanol–water partition coefficient (Wildman–Crippen LogP) is 2.46. The molecule has 0 unspecified atom stereocenters. The van der Waals surface area contributed by atoms with Gasteiger partial charge in [-0.1, -0.05) is 35.9 Å². The van der Waals surface area contributed by atoms with E-state index in [0.717, 1.165) is 36.8 Å². The van der Waals surface area contributed by atoms with Gasteiger partial charge in [-0.3, -0.25) is 14.6 Å². The largest absolute Gasteiger partial charge is 0.382 e. The second kappa shape index (κ2) is 8.15. The first kappa shape index (κ1) is 21.4. The van der Waals surface area contributed by atoms with Crippen molar-refractivity contribution < 1.29 is 9.59 Å². The van der Waals surface area contributed by atoms with Crippen LogP contribution in [0.5, 0.6) is 0 Å². The van der Waals surface area contributed by atoms with Crippen LogP contribution in [0.3, 0.4) is 0 Å². The standard InChI is InChI=1S/C23H24ClN7O2/c24-18-20(26)29-19(25)17(28-18)21(32)27-16-7-8-23(30-16)9-11-31(12-10-23)22(33)15-6-2-4-13-3-1-5-14(13)15/h1-2,4-6H,3,7-12H2,(H4,25,26,29)(H,27,30,32). The number of aliphatic imine (C=N–C) groups is 1. The van der Waals surface area contributed by atoms with E-state index in [1.165, 1.54) is 5.56 Å². The highest BCUT2D eigenvalue weighted by Gasteiger charge is 2.40. The number of halogens is 1. The zero-order chi connectivity index (χ0) is 23.2. The fourth-order valence-corrected chi connectivity index (χ4v) is 4.90. The van der Waals surface area contributed by atoms with E-state index >= 15 is 0 Å². The monoisotopic (exact) mass is 465 g/mol. The zero-order valence-electron chi connectivity index (χ0n) is 18.0. The van der Waals surface area contributed by atoms with Crippen LogP contribution >= 0.6 is 11.6 Å². The van der Waals surface area contributed by atoms with Crippen molar-refractivity contribution in [1.29, 1.82) is 0 Å². The van der Waals surface area contributed by atoms with Crippen LogP contribution in [-0.2, 0) is 6.42 Å². The van der Waals surface area contributed by atoms with E-state index in [0.29, 0.717) is 25.3 Å². The third kappa shape index (κ3) is 3.93. The van der Waals surface area contributed by atoms with E-state index in [1.54, 1.807) is 0 Å². The van der Waals surface area contributed by atoms with E-state index in [1.807, 2.05) is 23.1 Å². The lowest BCUT2D eigenvalue weighted by Gasteiger charge is -2.37. The van der Waals surface area contributed by atoms with Gasteiger partial charge in [-0.15, -0.1) is 0 Å². The molecule has 3 aliphatic rings. The number of nitrogens with one attached hydrogen (secondary N) is 1. The number of likely N-dealkylation sites (tertiary alicyclic amines) is 1. The summed E-state index contributed by atoms with van der Waals surface area (Å²) in [5.74, 6) is 0.0201. The molecule has 2 aromatic rings. The van der Waals surface area contributed by atoms with Crippen molar-refractivity contribution in [2.45, 2.75) is 37.6 Å². The van der Waals surface area contributed by atoms with Crippen molar-refractivity contribution in [3.05, 3.63) is 51.8 Å². The molecule has 2 amide bonds. The minimum Gasteiger partial charge on any atom is -0.382 e. The highest BCUT2D eigenvalue weighted by Crippen LogP contribution is 2.36. The molecule has 9 nitrogen and oxygen atoms in total. The second-order valence-corrected chi connectivity index (χ2v) is 9.01. The second-order valence-electron chi connectivity index (χ2n) is 8.65. The van der Waals surface area contributed by atoms with Crippen LogP contribution < -0.4 is 16.8 Å². The molecule has 0 radical (unpaired) electrons. The van der Waals surface area contributed by atoms with Crippen molar-refractivity contribution in [3.63, 3.8) is 0 Å². The minimum atomic E-state index is -0.517. The highest BCUT2D eigenvalue weighted by atomic mass is 35.5.